The van der Waals surface area contributed by atoms with E-state index >= 15 is 0 Å². The predicted molar refractivity (Wildman–Crippen MR) is 78.2 cm³/mol. The summed E-state index contributed by atoms with van der Waals surface area (Å²) >= 11 is 0. The Labute approximate surface area is 119 Å². The summed E-state index contributed by atoms with van der Waals surface area (Å²) in [5, 5.41) is 5.66. The minimum atomic E-state index is -0.115. The molecule has 4 nitrogen and oxygen atoms in total. The first-order chi connectivity index (χ1) is 9.70. The molecule has 1 unspecified atom stereocenters. The monoisotopic (exact) mass is 274 g/mol. The molecule has 0 fully saturated rings. The van der Waals surface area contributed by atoms with E-state index in [2.05, 4.69) is 22.8 Å². The van der Waals surface area contributed by atoms with E-state index in [1.807, 2.05) is 19.1 Å². The highest BCUT2D eigenvalue weighted by molar-refractivity contribution is 5.84. The Morgan fingerprint density at radius 1 is 1.25 bits per heavy atom. The van der Waals surface area contributed by atoms with Gasteiger partial charge in [-0.05, 0) is 36.8 Å². The van der Waals surface area contributed by atoms with Crippen LogP contribution in [-0.4, -0.2) is 18.4 Å². The molecule has 1 atom stereocenters. The lowest BCUT2D eigenvalue weighted by Gasteiger charge is -2.26. The number of hydrogen-bond donors (Lipinski definition) is 2. The van der Waals surface area contributed by atoms with Crippen molar-refractivity contribution in [1.29, 1.82) is 0 Å². The Balaban J connectivity index is 1.88. The van der Waals surface area contributed by atoms with Crippen molar-refractivity contribution >= 4 is 11.8 Å². The number of hydrogen-bond acceptors (Lipinski definition) is 2. The van der Waals surface area contributed by atoms with Crippen molar-refractivity contribution in [3.8, 4) is 0 Å². The molecule has 4 heteroatoms. The highest BCUT2D eigenvalue weighted by Gasteiger charge is 2.21. The Kier molecular flexibility index (Phi) is 5.16. The van der Waals surface area contributed by atoms with Gasteiger partial charge in [-0.3, -0.25) is 9.59 Å². The molecule has 1 aromatic carbocycles. The fourth-order valence-electron chi connectivity index (χ4n) is 2.64. The van der Waals surface area contributed by atoms with Crippen molar-refractivity contribution < 1.29 is 9.59 Å². The van der Waals surface area contributed by atoms with E-state index in [4.69, 9.17) is 0 Å². The molecule has 0 aliphatic heterocycles. The van der Waals surface area contributed by atoms with Gasteiger partial charge in [0.1, 0.15) is 0 Å². The zero-order valence-electron chi connectivity index (χ0n) is 11.9. The van der Waals surface area contributed by atoms with Gasteiger partial charge in [-0.15, -0.1) is 0 Å². The highest BCUT2D eigenvalue weighted by Crippen LogP contribution is 2.29. The zero-order chi connectivity index (χ0) is 14.4. The lowest BCUT2D eigenvalue weighted by Crippen LogP contribution is -2.39. The van der Waals surface area contributed by atoms with Crippen LogP contribution in [0.2, 0.25) is 0 Å². The van der Waals surface area contributed by atoms with Crippen LogP contribution >= 0.6 is 0 Å². The maximum atomic E-state index is 11.9. The average Bonchev–Trinajstić information content (AvgIpc) is 2.46. The molecule has 0 heterocycles. The topological polar surface area (TPSA) is 58.2 Å². The lowest BCUT2D eigenvalue weighted by atomic mass is 9.88. The van der Waals surface area contributed by atoms with Crippen molar-refractivity contribution in [2.75, 3.05) is 6.54 Å². The normalized spacial score (nSPS) is 17.1. The Hall–Kier alpha value is -1.84. The number of carbonyl (C=O) groups excluding carboxylic acids is 2. The summed E-state index contributed by atoms with van der Waals surface area (Å²) in [5.41, 5.74) is 2.53. The van der Waals surface area contributed by atoms with Crippen LogP contribution in [0.4, 0.5) is 0 Å². The summed E-state index contributed by atoms with van der Waals surface area (Å²) < 4.78 is 0. The van der Waals surface area contributed by atoms with Gasteiger partial charge >= 0.3 is 0 Å². The summed E-state index contributed by atoms with van der Waals surface area (Å²) in [4.78, 5) is 23.3. The predicted octanol–water partition coefficient (Wildman–Crippen LogP) is 2.10. The molecule has 1 aromatic rings. The van der Waals surface area contributed by atoms with Gasteiger partial charge in [0, 0.05) is 6.42 Å². The molecule has 0 bridgehead atoms. The summed E-state index contributed by atoms with van der Waals surface area (Å²) in [6.07, 6.45) is 4.40. The van der Waals surface area contributed by atoms with E-state index in [1.165, 1.54) is 11.1 Å². The largest absolute Gasteiger partial charge is 0.348 e. The molecule has 0 saturated heterocycles. The molecule has 0 spiro atoms. The van der Waals surface area contributed by atoms with Gasteiger partial charge in [-0.1, -0.05) is 31.2 Å². The molecule has 1 aliphatic carbocycles. The minimum absolute atomic E-state index is 0.0632. The second kappa shape index (κ2) is 7.08. The molecule has 2 rings (SSSR count). The van der Waals surface area contributed by atoms with Crippen LogP contribution in [0.1, 0.15) is 49.8 Å². The number of nitrogens with one attached hydrogen (secondary N) is 2. The summed E-state index contributed by atoms with van der Waals surface area (Å²) in [6, 6.07) is 8.32. The van der Waals surface area contributed by atoms with Crippen LogP contribution in [0.5, 0.6) is 0 Å². The molecule has 20 heavy (non-hydrogen) atoms. The number of benzene rings is 1. The third kappa shape index (κ3) is 3.83. The van der Waals surface area contributed by atoms with Crippen molar-refractivity contribution in [3.05, 3.63) is 35.4 Å². The van der Waals surface area contributed by atoms with Crippen LogP contribution in [0.25, 0.3) is 0 Å². The first-order valence-corrected chi connectivity index (χ1v) is 7.34. The summed E-state index contributed by atoms with van der Waals surface area (Å²) in [5.74, 6) is -0.178. The van der Waals surface area contributed by atoms with Crippen molar-refractivity contribution in [1.82, 2.24) is 10.6 Å². The van der Waals surface area contributed by atoms with E-state index in [0.29, 0.717) is 6.42 Å². The Bertz CT molecular complexity index is 485. The number of aryl methyl sites for hydroxylation is 1. The Morgan fingerprint density at radius 3 is 2.85 bits per heavy atom. The quantitative estimate of drug-likeness (QED) is 0.864. The second-order valence-corrected chi connectivity index (χ2v) is 5.24. The van der Waals surface area contributed by atoms with Crippen LogP contribution in [0.3, 0.4) is 0 Å². The second-order valence-electron chi connectivity index (χ2n) is 5.24. The summed E-state index contributed by atoms with van der Waals surface area (Å²) in [7, 11) is 0. The van der Waals surface area contributed by atoms with E-state index in [1.54, 1.807) is 0 Å². The van der Waals surface area contributed by atoms with Crippen LogP contribution in [0, 0.1) is 0 Å². The molecule has 108 valence electrons. The van der Waals surface area contributed by atoms with E-state index < -0.39 is 0 Å². The van der Waals surface area contributed by atoms with Gasteiger partial charge < -0.3 is 10.6 Å². The van der Waals surface area contributed by atoms with E-state index in [0.717, 1.165) is 25.7 Å². The number of carbonyl (C=O) groups is 2. The number of rotatable bonds is 5. The van der Waals surface area contributed by atoms with Gasteiger partial charge in [0.25, 0.3) is 0 Å². The highest BCUT2D eigenvalue weighted by atomic mass is 16.2. The molecule has 0 saturated carbocycles. The van der Waals surface area contributed by atoms with Crippen LogP contribution < -0.4 is 10.6 Å². The average molecular weight is 274 g/mol. The fraction of sp³-hybridized carbons (Fsp3) is 0.500. The third-order valence-corrected chi connectivity index (χ3v) is 3.63. The van der Waals surface area contributed by atoms with Gasteiger partial charge in [0.15, 0.2) is 0 Å². The van der Waals surface area contributed by atoms with Crippen molar-refractivity contribution in [3.63, 3.8) is 0 Å². The van der Waals surface area contributed by atoms with Crippen LogP contribution in [0.15, 0.2) is 24.3 Å². The first kappa shape index (κ1) is 14.6. The van der Waals surface area contributed by atoms with E-state index in [9.17, 15) is 9.59 Å². The third-order valence-electron chi connectivity index (χ3n) is 3.63. The molecule has 1 aliphatic rings. The molecule has 0 radical (unpaired) electrons. The SMILES string of the molecule is CCCC(=O)NCC(=O)NC1CCCc2ccccc21. The van der Waals surface area contributed by atoms with E-state index in [-0.39, 0.29) is 24.4 Å². The summed E-state index contributed by atoms with van der Waals surface area (Å²) in [6.45, 7) is 2.01. The standard InChI is InChI=1S/C16H22N2O2/c1-2-6-15(19)17-11-16(20)18-14-10-5-8-12-7-3-4-9-13(12)14/h3-4,7,9,14H,2,5-6,8,10-11H2,1H3,(H,17,19)(H,18,20). The number of fused-ring (bicyclic) bond motifs is 1. The fourth-order valence-corrected chi connectivity index (χ4v) is 2.64. The lowest BCUT2D eigenvalue weighted by molar-refractivity contribution is -0.126. The van der Waals surface area contributed by atoms with Crippen molar-refractivity contribution in [2.45, 2.75) is 45.1 Å². The molecule has 2 amide bonds. The van der Waals surface area contributed by atoms with Gasteiger partial charge in [0.05, 0.1) is 12.6 Å². The van der Waals surface area contributed by atoms with Gasteiger partial charge in [-0.2, -0.15) is 0 Å². The minimum Gasteiger partial charge on any atom is -0.348 e. The van der Waals surface area contributed by atoms with Crippen LogP contribution in [-0.2, 0) is 16.0 Å². The maximum absolute atomic E-state index is 11.9. The molecule has 0 aromatic heterocycles. The van der Waals surface area contributed by atoms with Crippen molar-refractivity contribution in [2.24, 2.45) is 0 Å². The molecule has 2 N–H and O–H groups in total. The molecular weight excluding hydrogens is 252 g/mol. The maximum Gasteiger partial charge on any atom is 0.239 e. The zero-order valence-corrected chi connectivity index (χ0v) is 11.9. The molecular formula is C16H22N2O2. The van der Waals surface area contributed by atoms with Gasteiger partial charge in [-0.25, -0.2) is 0 Å². The smallest absolute Gasteiger partial charge is 0.239 e. The van der Waals surface area contributed by atoms with Gasteiger partial charge in [0.2, 0.25) is 11.8 Å². The number of amides is 2. The first-order valence-electron chi connectivity index (χ1n) is 7.34. The Morgan fingerprint density at radius 2 is 2.05 bits per heavy atom.